The summed E-state index contributed by atoms with van der Waals surface area (Å²) in [5.74, 6) is 0.733. The Hall–Kier alpha value is -2.89. The summed E-state index contributed by atoms with van der Waals surface area (Å²) in [6.45, 7) is 4.39. The van der Waals surface area contributed by atoms with Crippen molar-refractivity contribution in [3.63, 3.8) is 0 Å². The van der Waals surface area contributed by atoms with Gasteiger partial charge in [0.05, 0.1) is 0 Å². The molecule has 1 aliphatic heterocycles. The van der Waals surface area contributed by atoms with Gasteiger partial charge in [-0.2, -0.15) is 0 Å². The van der Waals surface area contributed by atoms with E-state index in [9.17, 15) is 9.59 Å². The number of anilines is 1. The van der Waals surface area contributed by atoms with Gasteiger partial charge in [0.2, 0.25) is 5.91 Å². The molecule has 0 saturated carbocycles. The summed E-state index contributed by atoms with van der Waals surface area (Å²) in [5, 5.41) is 5.73. The van der Waals surface area contributed by atoms with Crippen molar-refractivity contribution >= 4 is 17.6 Å². The standard InChI is InChI=1S/C21H26N4O2/c1-16(24-21(27)18-7-3-2-4-8-18)13-20(26)23-15-17-9-10-19(22-14-17)25-11-5-6-12-25/h2-4,7-10,14,16H,5-6,11-13,15H2,1H3,(H,23,26)(H,24,27). The molecule has 2 amide bonds. The fraction of sp³-hybridized carbons (Fsp3) is 0.381. The molecule has 1 saturated heterocycles. The van der Waals surface area contributed by atoms with Gasteiger partial charge in [-0.1, -0.05) is 24.3 Å². The van der Waals surface area contributed by atoms with Crippen molar-refractivity contribution in [2.75, 3.05) is 18.0 Å². The molecular weight excluding hydrogens is 340 g/mol. The van der Waals surface area contributed by atoms with Crippen LogP contribution in [0, 0.1) is 0 Å². The van der Waals surface area contributed by atoms with Gasteiger partial charge in [0.1, 0.15) is 5.82 Å². The topological polar surface area (TPSA) is 74.3 Å². The minimum Gasteiger partial charge on any atom is -0.357 e. The van der Waals surface area contributed by atoms with Gasteiger partial charge in [-0.3, -0.25) is 9.59 Å². The highest BCUT2D eigenvalue weighted by Gasteiger charge is 2.14. The molecule has 1 fully saturated rings. The van der Waals surface area contributed by atoms with Gasteiger partial charge in [-0.25, -0.2) is 4.98 Å². The fourth-order valence-electron chi connectivity index (χ4n) is 3.15. The Kier molecular flexibility index (Phi) is 6.41. The number of nitrogens with zero attached hydrogens (tertiary/aromatic N) is 2. The molecule has 1 unspecified atom stereocenters. The molecule has 142 valence electrons. The molecule has 2 N–H and O–H groups in total. The highest BCUT2D eigenvalue weighted by molar-refractivity contribution is 5.94. The molecule has 6 heteroatoms. The lowest BCUT2D eigenvalue weighted by Crippen LogP contribution is -2.37. The van der Waals surface area contributed by atoms with E-state index in [4.69, 9.17) is 0 Å². The van der Waals surface area contributed by atoms with Crippen molar-refractivity contribution in [3.05, 3.63) is 59.8 Å². The second-order valence-corrected chi connectivity index (χ2v) is 6.94. The van der Waals surface area contributed by atoms with Crippen LogP contribution in [-0.2, 0) is 11.3 Å². The largest absolute Gasteiger partial charge is 0.357 e. The van der Waals surface area contributed by atoms with Gasteiger partial charge >= 0.3 is 0 Å². The summed E-state index contributed by atoms with van der Waals surface area (Å²) in [7, 11) is 0. The first kappa shape index (κ1) is 18.9. The van der Waals surface area contributed by atoms with Crippen molar-refractivity contribution in [1.82, 2.24) is 15.6 Å². The Bertz CT molecular complexity index is 756. The van der Waals surface area contributed by atoms with Gasteiger partial charge in [0.25, 0.3) is 5.91 Å². The summed E-state index contributed by atoms with van der Waals surface area (Å²) >= 11 is 0. The van der Waals surface area contributed by atoms with Crippen molar-refractivity contribution < 1.29 is 9.59 Å². The third-order valence-electron chi connectivity index (χ3n) is 4.63. The SMILES string of the molecule is CC(CC(=O)NCc1ccc(N2CCCC2)nc1)NC(=O)c1ccccc1. The van der Waals surface area contributed by atoms with E-state index in [0.29, 0.717) is 12.1 Å². The number of amides is 2. The van der Waals surface area contributed by atoms with Crippen molar-refractivity contribution in [2.45, 2.75) is 38.8 Å². The zero-order chi connectivity index (χ0) is 19.1. The fourth-order valence-corrected chi connectivity index (χ4v) is 3.15. The molecule has 2 heterocycles. The maximum Gasteiger partial charge on any atom is 0.251 e. The Morgan fingerprint density at radius 3 is 2.52 bits per heavy atom. The molecule has 1 aromatic heterocycles. The number of rotatable bonds is 7. The molecule has 27 heavy (non-hydrogen) atoms. The Morgan fingerprint density at radius 1 is 1.11 bits per heavy atom. The van der Waals surface area contributed by atoms with Crippen LogP contribution in [0.4, 0.5) is 5.82 Å². The number of carbonyl (C=O) groups is 2. The molecule has 2 aromatic rings. The van der Waals surface area contributed by atoms with Crippen LogP contribution in [0.5, 0.6) is 0 Å². The molecular formula is C21H26N4O2. The van der Waals surface area contributed by atoms with Gasteiger partial charge in [-0.05, 0) is 43.5 Å². The summed E-state index contributed by atoms with van der Waals surface area (Å²) in [5.41, 5.74) is 1.56. The lowest BCUT2D eigenvalue weighted by Gasteiger charge is -2.16. The summed E-state index contributed by atoms with van der Waals surface area (Å²) in [6.07, 6.45) is 4.49. The van der Waals surface area contributed by atoms with E-state index >= 15 is 0 Å². The maximum absolute atomic E-state index is 12.1. The van der Waals surface area contributed by atoms with Gasteiger partial charge in [-0.15, -0.1) is 0 Å². The van der Waals surface area contributed by atoms with E-state index in [1.54, 1.807) is 12.1 Å². The zero-order valence-electron chi connectivity index (χ0n) is 15.6. The van der Waals surface area contributed by atoms with Gasteiger partial charge in [0, 0.05) is 43.9 Å². The monoisotopic (exact) mass is 366 g/mol. The molecule has 6 nitrogen and oxygen atoms in total. The van der Waals surface area contributed by atoms with Crippen LogP contribution in [0.25, 0.3) is 0 Å². The van der Waals surface area contributed by atoms with Crippen LogP contribution in [-0.4, -0.2) is 35.9 Å². The second-order valence-electron chi connectivity index (χ2n) is 6.94. The number of pyridine rings is 1. The zero-order valence-corrected chi connectivity index (χ0v) is 15.6. The van der Waals surface area contributed by atoms with E-state index in [1.165, 1.54) is 12.8 Å². The molecule has 0 aliphatic carbocycles. The number of carbonyl (C=O) groups excluding carboxylic acids is 2. The summed E-state index contributed by atoms with van der Waals surface area (Å²) < 4.78 is 0. The lowest BCUT2D eigenvalue weighted by atomic mass is 10.1. The van der Waals surface area contributed by atoms with Crippen LogP contribution in [0.1, 0.15) is 42.1 Å². The normalized spacial score (nSPS) is 14.6. The second kappa shape index (κ2) is 9.16. The maximum atomic E-state index is 12.1. The summed E-state index contributed by atoms with van der Waals surface area (Å²) in [6, 6.07) is 12.8. The smallest absolute Gasteiger partial charge is 0.251 e. The predicted molar refractivity (Wildman–Crippen MR) is 106 cm³/mol. The van der Waals surface area contributed by atoms with E-state index in [2.05, 4.69) is 20.5 Å². The molecule has 0 bridgehead atoms. The Balaban J connectivity index is 1.41. The molecule has 1 aromatic carbocycles. The average Bonchev–Trinajstić information content (AvgIpc) is 3.22. The first-order valence-corrected chi connectivity index (χ1v) is 9.44. The number of aromatic nitrogens is 1. The highest BCUT2D eigenvalue weighted by Crippen LogP contribution is 2.17. The third kappa shape index (κ3) is 5.54. The molecule has 1 aliphatic rings. The predicted octanol–water partition coefficient (Wildman–Crippen LogP) is 2.51. The van der Waals surface area contributed by atoms with E-state index in [-0.39, 0.29) is 24.3 Å². The molecule has 3 rings (SSSR count). The number of nitrogens with one attached hydrogen (secondary N) is 2. The Morgan fingerprint density at radius 2 is 1.85 bits per heavy atom. The quantitative estimate of drug-likeness (QED) is 0.790. The molecule has 0 spiro atoms. The van der Waals surface area contributed by atoms with Crippen LogP contribution in [0.3, 0.4) is 0 Å². The van der Waals surface area contributed by atoms with E-state index in [1.807, 2.05) is 43.5 Å². The van der Waals surface area contributed by atoms with Crippen molar-refractivity contribution in [3.8, 4) is 0 Å². The van der Waals surface area contributed by atoms with E-state index < -0.39 is 0 Å². The van der Waals surface area contributed by atoms with Crippen LogP contribution in [0.2, 0.25) is 0 Å². The van der Waals surface area contributed by atoms with Crippen LogP contribution < -0.4 is 15.5 Å². The molecule has 1 atom stereocenters. The van der Waals surface area contributed by atoms with E-state index in [0.717, 1.165) is 24.5 Å². The van der Waals surface area contributed by atoms with Crippen molar-refractivity contribution in [1.29, 1.82) is 0 Å². The summed E-state index contributed by atoms with van der Waals surface area (Å²) in [4.78, 5) is 31.0. The van der Waals surface area contributed by atoms with Crippen LogP contribution >= 0.6 is 0 Å². The number of hydrogen-bond acceptors (Lipinski definition) is 4. The number of hydrogen-bond donors (Lipinski definition) is 2. The van der Waals surface area contributed by atoms with Crippen molar-refractivity contribution in [2.24, 2.45) is 0 Å². The first-order chi connectivity index (χ1) is 13.1. The minimum atomic E-state index is -0.242. The average molecular weight is 366 g/mol. The third-order valence-corrected chi connectivity index (χ3v) is 4.63. The number of benzene rings is 1. The minimum absolute atomic E-state index is 0.0977. The van der Waals surface area contributed by atoms with Gasteiger partial charge in [0.15, 0.2) is 0 Å². The van der Waals surface area contributed by atoms with Gasteiger partial charge < -0.3 is 15.5 Å². The van der Waals surface area contributed by atoms with Crippen LogP contribution in [0.15, 0.2) is 48.7 Å². The molecule has 0 radical (unpaired) electrons. The first-order valence-electron chi connectivity index (χ1n) is 9.44. The Labute approximate surface area is 160 Å². The highest BCUT2D eigenvalue weighted by atomic mass is 16.2. The lowest BCUT2D eigenvalue weighted by molar-refractivity contribution is -0.121.